The van der Waals surface area contributed by atoms with Gasteiger partial charge in [-0.2, -0.15) is 5.10 Å². The fourth-order valence-corrected chi connectivity index (χ4v) is 3.19. The lowest BCUT2D eigenvalue weighted by Gasteiger charge is -2.34. The SMILES string of the molecule is Cn1cc([C@@H]2CN(C(=O)[C@@H]3CCC[C@@H]3N)CCO2)cn1. The zero-order chi connectivity index (χ0) is 14.1. The van der Waals surface area contributed by atoms with Crippen LogP contribution in [0.2, 0.25) is 0 Å². The topological polar surface area (TPSA) is 73.4 Å². The highest BCUT2D eigenvalue weighted by Gasteiger charge is 2.35. The van der Waals surface area contributed by atoms with Crippen molar-refractivity contribution < 1.29 is 9.53 Å². The van der Waals surface area contributed by atoms with Crippen LogP contribution in [0, 0.1) is 5.92 Å². The predicted octanol–water partition coefficient (Wildman–Crippen LogP) is 0.447. The minimum absolute atomic E-state index is 0.00245. The molecule has 2 aliphatic rings. The van der Waals surface area contributed by atoms with Crippen LogP contribution in [0.5, 0.6) is 0 Å². The number of hydrogen-bond donors (Lipinski definition) is 1. The maximum atomic E-state index is 12.6. The first-order valence-electron chi connectivity index (χ1n) is 7.29. The molecule has 0 unspecified atom stereocenters. The van der Waals surface area contributed by atoms with E-state index in [0.29, 0.717) is 19.7 Å². The molecule has 0 spiro atoms. The second-order valence-corrected chi connectivity index (χ2v) is 5.79. The highest BCUT2D eigenvalue weighted by Crippen LogP contribution is 2.28. The predicted molar refractivity (Wildman–Crippen MR) is 73.8 cm³/mol. The Morgan fingerprint density at radius 1 is 1.50 bits per heavy atom. The van der Waals surface area contributed by atoms with E-state index in [-0.39, 0.29) is 24.0 Å². The average Bonchev–Trinajstić information content (AvgIpc) is 3.07. The van der Waals surface area contributed by atoms with E-state index < -0.39 is 0 Å². The number of ether oxygens (including phenoxy) is 1. The summed E-state index contributed by atoms with van der Waals surface area (Å²) in [7, 11) is 1.88. The van der Waals surface area contributed by atoms with E-state index >= 15 is 0 Å². The summed E-state index contributed by atoms with van der Waals surface area (Å²) in [6.07, 6.45) is 6.63. The van der Waals surface area contributed by atoms with Gasteiger partial charge in [0.1, 0.15) is 6.10 Å². The van der Waals surface area contributed by atoms with Gasteiger partial charge in [-0.25, -0.2) is 0 Å². The number of carbonyl (C=O) groups excluding carboxylic acids is 1. The van der Waals surface area contributed by atoms with Crippen molar-refractivity contribution in [1.29, 1.82) is 0 Å². The number of aromatic nitrogens is 2. The molecule has 1 saturated heterocycles. The molecule has 1 aliphatic carbocycles. The summed E-state index contributed by atoms with van der Waals surface area (Å²) in [5, 5.41) is 4.16. The molecule has 2 heterocycles. The van der Waals surface area contributed by atoms with E-state index in [0.717, 1.165) is 24.8 Å². The summed E-state index contributed by atoms with van der Waals surface area (Å²) in [4.78, 5) is 14.5. The molecular formula is C14H22N4O2. The van der Waals surface area contributed by atoms with E-state index in [1.54, 1.807) is 10.9 Å². The quantitative estimate of drug-likeness (QED) is 0.852. The largest absolute Gasteiger partial charge is 0.370 e. The van der Waals surface area contributed by atoms with Crippen molar-refractivity contribution in [3.8, 4) is 0 Å². The molecule has 2 N–H and O–H groups in total. The molecule has 0 aromatic carbocycles. The lowest BCUT2D eigenvalue weighted by atomic mass is 10.0. The van der Waals surface area contributed by atoms with Crippen LogP contribution in [0.4, 0.5) is 0 Å². The van der Waals surface area contributed by atoms with Crippen LogP contribution in [0.15, 0.2) is 12.4 Å². The molecule has 3 rings (SSSR count). The fraction of sp³-hybridized carbons (Fsp3) is 0.714. The van der Waals surface area contributed by atoms with Gasteiger partial charge in [-0.05, 0) is 12.8 Å². The second-order valence-electron chi connectivity index (χ2n) is 5.79. The Kier molecular flexibility index (Phi) is 3.76. The van der Waals surface area contributed by atoms with Gasteiger partial charge in [0.05, 0.1) is 25.3 Å². The normalized spacial score (nSPS) is 30.7. The second kappa shape index (κ2) is 5.54. The van der Waals surface area contributed by atoms with Crippen molar-refractivity contribution in [2.24, 2.45) is 18.7 Å². The minimum Gasteiger partial charge on any atom is -0.370 e. The molecule has 0 radical (unpaired) electrons. The molecule has 1 saturated carbocycles. The summed E-state index contributed by atoms with van der Waals surface area (Å²) in [6, 6.07) is 0.0298. The Morgan fingerprint density at radius 2 is 2.35 bits per heavy atom. The zero-order valence-electron chi connectivity index (χ0n) is 11.9. The standard InChI is InChI=1S/C14H22N4O2/c1-17-8-10(7-16-17)13-9-18(5-6-20-13)14(19)11-3-2-4-12(11)15/h7-8,11-13H,2-6,9,15H2,1H3/t11-,12+,13+/m1/s1. The van der Waals surface area contributed by atoms with Crippen LogP contribution in [0.3, 0.4) is 0 Å². The number of carbonyl (C=O) groups is 1. The van der Waals surface area contributed by atoms with Crippen molar-refractivity contribution in [2.45, 2.75) is 31.4 Å². The van der Waals surface area contributed by atoms with Gasteiger partial charge in [-0.3, -0.25) is 9.48 Å². The first kappa shape index (κ1) is 13.6. The van der Waals surface area contributed by atoms with Crippen LogP contribution in [-0.4, -0.2) is 46.3 Å². The third-order valence-corrected chi connectivity index (χ3v) is 4.36. The van der Waals surface area contributed by atoms with Crippen LogP contribution in [0.1, 0.15) is 30.9 Å². The number of morpholine rings is 1. The number of nitrogens with zero attached hydrogens (tertiary/aromatic N) is 3. The molecule has 1 aliphatic heterocycles. The Morgan fingerprint density at radius 3 is 3.00 bits per heavy atom. The van der Waals surface area contributed by atoms with Gasteiger partial charge in [-0.1, -0.05) is 6.42 Å². The van der Waals surface area contributed by atoms with Gasteiger partial charge in [0, 0.05) is 31.4 Å². The summed E-state index contributed by atoms with van der Waals surface area (Å²) in [5.74, 6) is 0.204. The molecule has 2 fully saturated rings. The third kappa shape index (κ3) is 2.58. The van der Waals surface area contributed by atoms with Crippen LogP contribution < -0.4 is 5.73 Å². The van der Waals surface area contributed by atoms with Gasteiger partial charge in [0.25, 0.3) is 0 Å². The number of rotatable bonds is 2. The van der Waals surface area contributed by atoms with E-state index in [4.69, 9.17) is 10.5 Å². The van der Waals surface area contributed by atoms with Gasteiger partial charge in [0.15, 0.2) is 0 Å². The lowest BCUT2D eigenvalue weighted by Crippen LogP contribution is -2.47. The van der Waals surface area contributed by atoms with E-state index in [1.165, 1.54) is 0 Å². The molecule has 0 bridgehead atoms. The fourth-order valence-electron chi connectivity index (χ4n) is 3.19. The monoisotopic (exact) mass is 278 g/mol. The van der Waals surface area contributed by atoms with Crippen molar-refractivity contribution in [2.75, 3.05) is 19.7 Å². The Hall–Kier alpha value is -1.40. The zero-order valence-corrected chi connectivity index (χ0v) is 11.9. The van der Waals surface area contributed by atoms with Crippen LogP contribution >= 0.6 is 0 Å². The number of amides is 1. The van der Waals surface area contributed by atoms with E-state index in [2.05, 4.69) is 5.10 Å². The van der Waals surface area contributed by atoms with Crippen molar-refractivity contribution in [3.63, 3.8) is 0 Å². The molecular weight excluding hydrogens is 256 g/mol. The molecule has 6 nitrogen and oxygen atoms in total. The molecule has 1 aromatic heterocycles. The summed E-state index contributed by atoms with van der Waals surface area (Å²) in [6.45, 7) is 1.85. The van der Waals surface area contributed by atoms with Crippen molar-refractivity contribution in [3.05, 3.63) is 18.0 Å². The number of hydrogen-bond acceptors (Lipinski definition) is 4. The molecule has 1 amide bonds. The van der Waals surface area contributed by atoms with Crippen molar-refractivity contribution in [1.82, 2.24) is 14.7 Å². The average molecular weight is 278 g/mol. The highest BCUT2D eigenvalue weighted by atomic mass is 16.5. The third-order valence-electron chi connectivity index (χ3n) is 4.36. The highest BCUT2D eigenvalue weighted by molar-refractivity contribution is 5.80. The summed E-state index contributed by atoms with van der Waals surface area (Å²) < 4.78 is 7.53. The van der Waals surface area contributed by atoms with Gasteiger partial charge >= 0.3 is 0 Å². The number of nitrogens with two attached hydrogens (primary N) is 1. The van der Waals surface area contributed by atoms with Crippen molar-refractivity contribution >= 4 is 5.91 Å². The Balaban J connectivity index is 1.67. The molecule has 1 aromatic rings. The van der Waals surface area contributed by atoms with Gasteiger partial charge in [0.2, 0.25) is 5.91 Å². The van der Waals surface area contributed by atoms with E-state index in [1.807, 2.05) is 18.1 Å². The summed E-state index contributed by atoms with van der Waals surface area (Å²) in [5.41, 5.74) is 7.07. The van der Waals surface area contributed by atoms with Crippen LogP contribution in [-0.2, 0) is 16.6 Å². The maximum Gasteiger partial charge on any atom is 0.227 e. The maximum absolute atomic E-state index is 12.6. The van der Waals surface area contributed by atoms with E-state index in [9.17, 15) is 4.79 Å². The molecule has 6 heteroatoms. The number of aryl methyl sites for hydroxylation is 1. The Labute approximate surface area is 118 Å². The van der Waals surface area contributed by atoms with Crippen LogP contribution in [0.25, 0.3) is 0 Å². The lowest BCUT2D eigenvalue weighted by molar-refractivity contribution is -0.143. The first-order chi connectivity index (χ1) is 9.65. The summed E-state index contributed by atoms with van der Waals surface area (Å²) >= 11 is 0. The first-order valence-corrected chi connectivity index (χ1v) is 7.29. The van der Waals surface area contributed by atoms with Gasteiger partial charge < -0.3 is 15.4 Å². The van der Waals surface area contributed by atoms with Gasteiger partial charge in [-0.15, -0.1) is 0 Å². The molecule has 20 heavy (non-hydrogen) atoms. The molecule has 3 atom stereocenters. The smallest absolute Gasteiger partial charge is 0.227 e. The Bertz CT molecular complexity index is 487. The molecule has 110 valence electrons. The minimum atomic E-state index is -0.0703.